The van der Waals surface area contributed by atoms with Gasteiger partial charge < -0.3 is 15.2 Å². The molecule has 2 heterocycles. The monoisotopic (exact) mass is 358 g/mol. The van der Waals surface area contributed by atoms with E-state index in [0.717, 1.165) is 22.0 Å². The van der Waals surface area contributed by atoms with E-state index in [1.807, 2.05) is 18.4 Å². The summed E-state index contributed by atoms with van der Waals surface area (Å²) in [5.41, 5.74) is 2.82. The summed E-state index contributed by atoms with van der Waals surface area (Å²) >= 11 is 0. The third kappa shape index (κ3) is 3.30. The molecule has 2 aromatic rings. The van der Waals surface area contributed by atoms with Crippen LogP contribution in [0.1, 0.15) is 21.7 Å². The maximum absolute atomic E-state index is 13.1. The lowest BCUT2D eigenvalue weighted by Gasteiger charge is -2.13. The molecule has 2 N–H and O–H groups in total. The van der Waals surface area contributed by atoms with E-state index in [0.29, 0.717) is 5.56 Å². The van der Waals surface area contributed by atoms with Gasteiger partial charge in [-0.2, -0.15) is 0 Å². The molecule has 0 unspecified atom stereocenters. The molecule has 0 bridgehead atoms. The van der Waals surface area contributed by atoms with E-state index in [1.165, 1.54) is 12.1 Å². The molecule has 0 saturated carbocycles. The number of urea groups is 1. The summed E-state index contributed by atoms with van der Waals surface area (Å²) in [6, 6.07) is 7.34. The van der Waals surface area contributed by atoms with Crippen LogP contribution in [0.3, 0.4) is 0 Å². The number of aryl methyl sites for hydroxylation is 1. The highest BCUT2D eigenvalue weighted by Gasteiger charge is 2.28. The number of benzene rings is 1. The van der Waals surface area contributed by atoms with Crippen LogP contribution in [0.5, 0.6) is 0 Å². The van der Waals surface area contributed by atoms with Crippen LogP contribution in [0.2, 0.25) is 0 Å². The van der Waals surface area contributed by atoms with Crippen LogP contribution in [0.4, 0.5) is 9.18 Å². The number of hydrogen-bond acceptors (Lipinski definition) is 3. The van der Waals surface area contributed by atoms with Crippen molar-refractivity contribution < 1.29 is 18.8 Å². The van der Waals surface area contributed by atoms with E-state index in [4.69, 9.17) is 0 Å². The third-order valence-electron chi connectivity index (χ3n) is 4.32. The van der Waals surface area contributed by atoms with Crippen LogP contribution in [0, 0.1) is 19.7 Å². The second-order valence-corrected chi connectivity index (χ2v) is 6.06. The summed E-state index contributed by atoms with van der Waals surface area (Å²) in [4.78, 5) is 36.5. The standard InChI is InChI=1S/C18H19FN4O3/c1-11-9-15(12(2)23(11)14-5-3-13(19)4-6-14)17(25)20-7-8-22-16(24)10-21-18(22)26/h3-6,9H,7-8,10H2,1-2H3,(H,20,25)(H,21,26). The Morgan fingerprint density at radius 1 is 1.23 bits per heavy atom. The van der Waals surface area contributed by atoms with Crippen LogP contribution in [0.15, 0.2) is 30.3 Å². The van der Waals surface area contributed by atoms with Crippen LogP contribution >= 0.6 is 0 Å². The number of nitrogens with one attached hydrogen (secondary N) is 2. The van der Waals surface area contributed by atoms with E-state index in [2.05, 4.69) is 10.6 Å². The summed E-state index contributed by atoms with van der Waals surface area (Å²) in [6.45, 7) is 3.94. The molecule has 0 atom stereocenters. The number of hydrogen-bond donors (Lipinski definition) is 2. The molecule has 1 aromatic heterocycles. The predicted octanol–water partition coefficient (Wildman–Crippen LogP) is 1.51. The zero-order valence-corrected chi connectivity index (χ0v) is 14.5. The zero-order valence-electron chi connectivity index (χ0n) is 14.5. The van der Waals surface area contributed by atoms with Crippen molar-refractivity contribution in [3.05, 3.63) is 53.1 Å². The molecular formula is C18H19FN4O3. The lowest BCUT2D eigenvalue weighted by atomic mass is 10.2. The van der Waals surface area contributed by atoms with Gasteiger partial charge in [0.25, 0.3) is 5.91 Å². The molecule has 7 nitrogen and oxygen atoms in total. The number of imide groups is 1. The first-order valence-corrected chi connectivity index (χ1v) is 8.19. The van der Waals surface area contributed by atoms with Gasteiger partial charge in [0.2, 0.25) is 5.91 Å². The van der Waals surface area contributed by atoms with E-state index in [-0.39, 0.29) is 37.3 Å². The van der Waals surface area contributed by atoms with Gasteiger partial charge in [0.05, 0.1) is 12.1 Å². The van der Waals surface area contributed by atoms with Crippen LogP contribution < -0.4 is 10.6 Å². The second-order valence-electron chi connectivity index (χ2n) is 6.06. The first kappa shape index (κ1) is 17.7. The van der Waals surface area contributed by atoms with E-state index < -0.39 is 6.03 Å². The average molecular weight is 358 g/mol. The molecule has 3 rings (SSSR count). The molecule has 26 heavy (non-hydrogen) atoms. The fourth-order valence-electron chi connectivity index (χ4n) is 3.04. The average Bonchev–Trinajstić information content (AvgIpc) is 3.08. The molecular weight excluding hydrogens is 339 g/mol. The van der Waals surface area contributed by atoms with Crippen molar-refractivity contribution >= 4 is 17.8 Å². The SMILES string of the molecule is Cc1cc(C(=O)NCCN2C(=O)CNC2=O)c(C)n1-c1ccc(F)cc1. The molecule has 136 valence electrons. The molecule has 0 aliphatic carbocycles. The fourth-order valence-corrected chi connectivity index (χ4v) is 3.04. The van der Waals surface area contributed by atoms with Crippen molar-refractivity contribution in [3.8, 4) is 5.69 Å². The van der Waals surface area contributed by atoms with Gasteiger partial charge >= 0.3 is 6.03 Å². The Bertz CT molecular complexity index is 857. The summed E-state index contributed by atoms with van der Waals surface area (Å²) in [5.74, 6) is -0.924. The number of carbonyl (C=O) groups is 3. The highest BCUT2D eigenvalue weighted by atomic mass is 19.1. The van der Waals surface area contributed by atoms with Crippen molar-refractivity contribution in [2.24, 2.45) is 0 Å². The third-order valence-corrected chi connectivity index (χ3v) is 4.32. The predicted molar refractivity (Wildman–Crippen MR) is 92.6 cm³/mol. The van der Waals surface area contributed by atoms with Crippen molar-refractivity contribution in [2.75, 3.05) is 19.6 Å². The van der Waals surface area contributed by atoms with E-state index >= 15 is 0 Å². The Hall–Kier alpha value is -3.16. The maximum Gasteiger partial charge on any atom is 0.324 e. The largest absolute Gasteiger partial charge is 0.350 e. The molecule has 8 heteroatoms. The fraction of sp³-hybridized carbons (Fsp3) is 0.278. The smallest absolute Gasteiger partial charge is 0.324 e. The Morgan fingerprint density at radius 2 is 1.92 bits per heavy atom. The minimum Gasteiger partial charge on any atom is -0.350 e. The van der Waals surface area contributed by atoms with Gasteiger partial charge in [-0.1, -0.05) is 0 Å². The number of aromatic nitrogens is 1. The number of carbonyl (C=O) groups excluding carboxylic acids is 3. The number of rotatable bonds is 5. The minimum absolute atomic E-state index is 0.00833. The Morgan fingerprint density at radius 3 is 2.54 bits per heavy atom. The van der Waals surface area contributed by atoms with Gasteiger partial charge in [0.15, 0.2) is 0 Å². The molecule has 1 aliphatic rings. The van der Waals surface area contributed by atoms with Gasteiger partial charge in [-0.3, -0.25) is 14.5 Å². The Labute approximate surface area is 149 Å². The number of amides is 4. The van der Waals surface area contributed by atoms with Crippen LogP contribution in [-0.2, 0) is 4.79 Å². The first-order chi connectivity index (χ1) is 12.4. The first-order valence-electron chi connectivity index (χ1n) is 8.19. The van der Waals surface area contributed by atoms with Gasteiger partial charge in [0.1, 0.15) is 5.82 Å². The lowest BCUT2D eigenvalue weighted by molar-refractivity contribution is -0.124. The summed E-state index contributed by atoms with van der Waals surface area (Å²) < 4.78 is 15.0. The van der Waals surface area contributed by atoms with Gasteiger partial charge in [0, 0.05) is 30.2 Å². The molecule has 0 radical (unpaired) electrons. The molecule has 1 saturated heterocycles. The Kier molecular flexibility index (Phi) is 4.75. The molecule has 1 aliphatic heterocycles. The molecule has 4 amide bonds. The van der Waals surface area contributed by atoms with Crippen molar-refractivity contribution in [2.45, 2.75) is 13.8 Å². The lowest BCUT2D eigenvalue weighted by Crippen LogP contribution is -2.38. The second kappa shape index (κ2) is 6.99. The maximum atomic E-state index is 13.1. The molecule has 1 fully saturated rings. The van der Waals surface area contributed by atoms with Crippen molar-refractivity contribution in [1.29, 1.82) is 0 Å². The van der Waals surface area contributed by atoms with E-state index in [9.17, 15) is 18.8 Å². The quantitative estimate of drug-likeness (QED) is 0.795. The number of nitrogens with zero attached hydrogens (tertiary/aromatic N) is 2. The minimum atomic E-state index is -0.446. The van der Waals surface area contributed by atoms with Crippen LogP contribution in [0.25, 0.3) is 5.69 Å². The van der Waals surface area contributed by atoms with Gasteiger partial charge in [-0.15, -0.1) is 0 Å². The van der Waals surface area contributed by atoms with Gasteiger partial charge in [-0.05, 0) is 44.2 Å². The van der Waals surface area contributed by atoms with Crippen molar-refractivity contribution in [3.63, 3.8) is 0 Å². The number of halogens is 1. The Balaban J connectivity index is 1.70. The highest BCUT2D eigenvalue weighted by Crippen LogP contribution is 2.21. The zero-order chi connectivity index (χ0) is 18.8. The van der Waals surface area contributed by atoms with Gasteiger partial charge in [-0.25, -0.2) is 9.18 Å². The topological polar surface area (TPSA) is 83.4 Å². The molecule has 0 spiro atoms. The van der Waals surface area contributed by atoms with Crippen LogP contribution in [-0.4, -0.2) is 46.9 Å². The van der Waals surface area contributed by atoms with E-state index in [1.54, 1.807) is 18.2 Å². The molecule has 1 aromatic carbocycles. The summed E-state index contributed by atoms with van der Waals surface area (Å²) in [6.07, 6.45) is 0. The highest BCUT2D eigenvalue weighted by molar-refractivity contribution is 6.02. The van der Waals surface area contributed by atoms with Crippen molar-refractivity contribution in [1.82, 2.24) is 20.1 Å². The normalized spacial score (nSPS) is 13.9. The summed E-state index contributed by atoms with van der Waals surface area (Å²) in [7, 11) is 0. The summed E-state index contributed by atoms with van der Waals surface area (Å²) in [5, 5.41) is 5.15.